The molecule has 2 aromatic carbocycles. The minimum Gasteiger partial charge on any atom is -0.354 e. The molecule has 0 aliphatic heterocycles. The number of aryl methyl sites for hydroxylation is 4. The van der Waals surface area contributed by atoms with Gasteiger partial charge in [-0.3, -0.25) is 9.78 Å². The lowest BCUT2D eigenvalue weighted by Crippen LogP contribution is -2.12. The van der Waals surface area contributed by atoms with Crippen LogP contribution >= 0.6 is 0 Å². The van der Waals surface area contributed by atoms with Gasteiger partial charge in [-0.2, -0.15) is 0 Å². The van der Waals surface area contributed by atoms with E-state index in [9.17, 15) is 4.79 Å². The summed E-state index contributed by atoms with van der Waals surface area (Å²) in [5.41, 5.74) is 7.79. The predicted molar refractivity (Wildman–Crippen MR) is 107 cm³/mol. The van der Waals surface area contributed by atoms with E-state index in [0.29, 0.717) is 5.56 Å². The van der Waals surface area contributed by atoms with Crippen LogP contribution in [0, 0.1) is 27.7 Å². The number of carbonyl (C=O) groups is 1. The highest BCUT2D eigenvalue weighted by atomic mass is 16.1. The number of hydrogen-bond acceptors (Lipinski definition) is 3. The van der Waals surface area contributed by atoms with Gasteiger partial charge >= 0.3 is 0 Å². The molecule has 0 radical (unpaired) electrons. The molecule has 0 atom stereocenters. The molecule has 1 aromatic heterocycles. The Hall–Kier alpha value is -3.14. The third-order valence-electron chi connectivity index (χ3n) is 4.43. The molecule has 2 N–H and O–H groups in total. The summed E-state index contributed by atoms with van der Waals surface area (Å²) < 4.78 is 0. The van der Waals surface area contributed by atoms with Gasteiger partial charge in [-0.1, -0.05) is 23.8 Å². The zero-order chi connectivity index (χ0) is 18.7. The van der Waals surface area contributed by atoms with Crippen LogP contribution in [0.3, 0.4) is 0 Å². The van der Waals surface area contributed by atoms with Gasteiger partial charge in [0.2, 0.25) is 0 Å². The summed E-state index contributed by atoms with van der Waals surface area (Å²) in [4.78, 5) is 16.7. The Kier molecular flexibility index (Phi) is 5.03. The largest absolute Gasteiger partial charge is 0.354 e. The van der Waals surface area contributed by atoms with E-state index in [1.165, 1.54) is 11.1 Å². The highest BCUT2D eigenvalue weighted by Gasteiger charge is 2.09. The van der Waals surface area contributed by atoms with Gasteiger partial charge in [-0.25, -0.2) is 0 Å². The molecule has 0 fully saturated rings. The fourth-order valence-electron chi connectivity index (χ4n) is 2.76. The number of nitrogens with zero attached hydrogens (tertiary/aromatic N) is 1. The third kappa shape index (κ3) is 4.09. The Bertz CT molecular complexity index is 963. The van der Waals surface area contributed by atoms with E-state index in [1.54, 1.807) is 12.4 Å². The normalized spacial score (nSPS) is 10.5. The van der Waals surface area contributed by atoms with Gasteiger partial charge in [0.25, 0.3) is 5.91 Å². The summed E-state index contributed by atoms with van der Waals surface area (Å²) in [6.45, 7) is 8.20. The number of amides is 1. The average molecular weight is 345 g/mol. The molecule has 1 heterocycles. The van der Waals surface area contributed by atoms with Crippen molar-refractivity contribution >= 4 is 23.0 Å². The van der Waals surface area contributed by atoms with E-state index >= 15 is 0 Å². The SMILES string of the molecule is Cc1ccc(Nc2cncc(C(=O)Nc3ccc(C)c(C)c3)c2)c(C)c1. The molecule has 0 saturated heterocycles. The van der Waals surface area contributed by atoms with Crippen molar-refractivity contribution in [1.29, 1.82) is 0 Å². The first kappa shape index (κ1) is 17.7. The summed E-state index contributed by atoms with van der Waals surface area (Å²) >= 11 is 0. The molecule has 4 nitrogen and oxygen atoms in total. The highest BCUT2D eigenvalue weighted by Crippen LogP contribution is 2.22. The molecule has 0 spiro atoms. The van der Waals surface area contributed by atoms with Crippen LogP contribution in [0.4, 0.5) is 17.1 Å². The van der Waals surface area contributed by atoms with Crippen molar-refractivity contribution in [2.24, 2.45) is 0 Å². The van der Waals surface area contributed by atoms with Crippen LogP contribution in [-0.4, -0.2) is 10.9 Å². The van der Waals surface area contributed by atoms with Crippen LogP contribution in [0.2, 0.25) is 0 Å². The first-order chi connectivity index (χ1) is 12.4. The number of hydrogen-bond donors (Lipinski definition) is 2. The fraction of sp³-hybridized carbons (Fsp3) is 0.182. The second-order valence-electron chi connectivity index (χ2n) is 6.66. The molecule has 0 bridgehead atoms. The van der Waals surface area contributed by atoms with Crippen LogP contribution in [-0.2, 0) is 0 Å². The molecule has 1 amide bonds. The van der Waals surface area contributed by atoms with Crippen LogP contribution in [0.5, 0.6) is 0 Å². The third-order valence-corrected chi connectivity index (χ3v) is 4.43. The van der Waals surface area contributed by atoms with Gasteiger partial charge in [0.05, 0.1) is 17.4 Å². The molecular formula is C22H23N3O. The molecular weight excluding hydrogens is 322 g/mol. The standard InChI is InChI=1S/C22H23N3O/c1-14-5-8-21(17(4)9-14)24-20-11-18(12-23-13-20)22(26)25-19-7-6-15(2)16(3)10-19/h5-13,24H,1-4H3,(H,25,26). The van der Waals surface area contributed by atoms with E-state index < -0.39 is 0 Å². The van der Waals surface area contributed by atoms with Crippen molar-refractivity contribution in [3.05, 3.63) is 82.7 Å². The number of benzene rings is 2. The molecule has 4 heteroatoms. The minimum absolute atomic E-state index is 0.176. The van der Waals surface area contributed by atoms with E-state index in [2.05, 4.69) is 41.6 Å². The lowest BCUT2D eigenvalue weighted by atomic mass is 10.1. The lowest BCUT2D eigenvalue weighted by Gasteiger charge is -2.12. The van der Waals surface area contributed by atoms with E-state index in [1.807, 2.05) is 44.2 Å². The van der Waals surface area contributed by atoms with Crippen LogP contribution in [0.1, 0.15) is 32.6 Å². The molecule has 3 rings (SSSR count). The summed E-state index contributed by atoms with van der Waals surface area (Å²) in [7, 11) is 0. The zero-order valence-corrected chi connectivity index (χ0v) is 15.6. The van der Waals surface area contributed by atoms with Crippen molar-refractivity contribution in [2.45, 2.75) is 27.7 Å². The Morgan fingerprint density at radius 3 is 2.35 bits per heavy atom. The Morgan fingerprint density at radius 2 is 1.62 bits per heavy atom. The molecule has 26 heavy (non-hydrogen) atoms. The second-order valence-corrected chi connectivity index (χ2v) is 6.66. The topological polar surface area (TPSA) is 54.0 Å². The van der Waals surface area contributed by atoms with E-state index in [4.69, 9.17) is 0 Å². The first-order valence-electron chi connectivity index (χ1n) is 8.60. The number of anilines is 3. The monoisotopic (exact) mass is 345 g/mol. The molecule has 0 unspecified atom stereocenters. The number of rotatable bonds is 4. The van der Waals surface area contributed by atoms with Crippen molar-refractivity contribution < 1.29 is 4.79 Å². The summed E-state index contributed by atoms with van der Waals surface area (Å²) in [5, 5.41) is 6.26. The molecule has 0 aliphatic carbocycles. The molecule has 132 valence electrons. The maximum absolute atomic E-state index is 12.5. The first-order valence-corrected chi connectivity index (χ1v) is 8.60. The lowest BCUT2D eigenvalue weighted by molar-refractivity contribution is 0.102. The van der Waals surface area contributed by atoms with Crippen molar-refractivity contribution in [3.8, 4) is 0 Å². The maximum atomic E-state index is 12.5. The predicted octanol–water partition coefficient (Wildman–Crippen LogP) is 5.31. The van der Waals surface area contributed by atoms with Crippen molar-refractivity contribution in [2.75, 3.05) is 10.6 Å². The van der Waals surface area contributed by atoms with E-state index in [0.717, 1.165) is 28.2 Å². The van der Waals surface area contributed by atoms with Gasteiger partial charge in [0, 0.05) is 17.6 Å². The fourth-order valence-corrected chi connectivity index (χ4v) is 2.76. The number of nitrogens with one attached hydrogen (secondary N) is 2. The van der Waals surface area contributed by atoms with Gasteiger partial charge < -0.3 is 10.6 Å². The smallest absolute Gasteiger partial charge is 0.257 e. The Balaban J connectivity index is 1.77. The highest BCUT2D eigenvalue weighted by molar-refractivity contribution is 6.04. The van der Waals surface area contributed by atoms with E-state index in [-0.39, 0.29) is 5.91 Å². The molecule has 3 aromatic rings. The number of carbonyl (C=O) groups excluding carboxylic acids is 1. The van der Waals surface area contributed by atoms with Crippen LogP contribution in [0.25, 0.3) is 0 Å². The zero-order valence-electron chi connectivity index (χ0n) is 15.6. The van der Waals surface area contributed by atoms with Crippen molar-refractivity contribution in [3.63, 3.8) is 0 Å². The maximum Gasteiger partial charge on any atom is 0.257 e. The summed E-state index contributed by atoms with van der Waals surface area (Å²) in [6.07, 6.45) is 3.29. The minimum atomic E-state index is -0.176. The van der Waals surface area contributed by atoms with Gasteiger partial charge in [0.15, 0.2) is 0 Å². The Morgan fingerprint density at radius 1 is 0.808 bits per heavy atom. The van der Waals surface area contributed by atoms with Gasteiger partial charge in [-0.05, 0) is 68.7 Å². The second kappa shape index (κ2) is 7.40. The molecule has 0 aliphatic rings. The van der Waals surface area contributed by atoms with Gasteiger partial charge in [0.1, 0.15) is 0 Å². The van der Waals surface area contributed by atoms with Crippen LogP contribution in [0.15, 0.2) is 54.9 Å². The summed E-state index contributed by atoms with van der Waals surface area (Å²) in [5.74, 6) is -0.176. The van der Waals surface area contributed by atoms with Crippen molar-refractivity contribution in [1.82, 2.24) is 4.98 Å². The average Bonchev–Trinajstić information content (AvgIpc) is 2.61. The summed E-state index contributed by atoms with van der Waals surface area (Å²) in [6, 6.07) is 13.9. The number of pyridine rings is 1. The quantitative estimate of drug-likeness (QED) is 0.673. The van der Waals surface area contributed by atoms with Crippen LogP contribution < -0.4 is 10.6 Å². The van der Waals surface area contributed by atoms with Gasteiger partial charge in [-0.15, -0.1) is 0 Å². The molecule has 0 saturated carbocycles. The Labute approximate surface area is 154 Å². The number of aromatic nitrogens is 1.